The van der Waals surface area contributed by atoms with Crippen molar-refractivity contribution >= 4 is 44.4 Å². The number of nitriles is 1. The molecule has 2 aromatic rings. The third-order valence-electron chi connectivity index (χ3n) is 2.56. The fraction of sp³-hybridized carbons (Fsp3) is 0.143. The number of aromatic nitrogens is 2. The average Bonchev–Trinajstić information content (AvgIpc) is 2.94. The maximum Gasteiger partial charge on any atom is 0.268 e. The predicted molar refractivity (Wildman–Crippen MR) is 85.6 cm³/mol. The molecule has 1 aromatic heterocycles. The Morgan fingerprint density at radius 1 is 1.48 bits per heavy atom. The number of nitrogens with one attached hydrogen (secondary N) is 1. The predicted octanol–water partition coefficient (Wildman–Crippen LogP) is 3.41. The lowest BCUT2D eigenvalue weighted by molar-refractivity contribution is -0.112. The van der Waals surface area contributed by atoms with Crippen LogP contribution in [-0.2, 0) is 11.2 Å². The molecule has 0 saturated carbocycles. The summed E-state index contributed by atoms with van der Waals surface area (Å²) in [7, 11) is 0. The largest absolute Gasteiger partial charge is 0.296 e. The molecule has 0 saturated heterocycles. The van der Waals surface area contributed by atoms with Crippen LogP contribution in [0, 0.1) is 11.3 Å². The van der Waals surface area contributed by atoms with Crippen LogP contribution in [0.15, 0.2) is 34.3 Å². The van der Waals surface area contributed by atoms with E-state index in [0.717, 1.165) is 21.5 Å². The Hall–Kier alpha value is -2.04. The van der Waals surface area contributed by atoms with E-state index in [1.54, 1.807) is 0 Å². The number of hydrogen-bond donors (Lipinski definition) is 1. The molecule has 21 heavy (non-hydrogen) atoms. The summed E-state index contributed by atoms with van der Waals surface area (Å²) in [6.45, 7) is 1.96. The highest BCUT2D eigenvalue weighted by atomic mass is 79.9. The van der Waals surface area contributed by atoms with Gasteiger partial charge in [-0.05, 0) is 24.1 Å². The molecule has 0 fully saturated rings. The number of anilines is 1. The summed E-state index contributed by atoms with van der Waals surface area (Å²) in [5.41, 5.74) is 0.769. The quantitative estimate of drug-likeness (QED) is 0.667. The first-order valence-corrected chi connectivity index (χ1v) is 7.75. The second kappa shape index (κ2) is 7.11. The molecule has 0 aliphatic carbocycles. The average molecular weight is 363 g/mol. The molecule has 1 aromatic carbocycles. The van der Waals surface area contributed by atoms with Gasteiger partial charge in [0.2, 0.25) is 5.13 Å². The zero-order valence-electron chi connectivity index (χ0n) is 11.1. The first-order valence-electron chi connectivity index (χ1n) is 6.14. The van der Waals surface area contributed by atoms with Crippen LogP contribution in [0.1, 0.15) is 17.5 Å². The zero-order chi connectivity index (χ0) is 15.2. The van der Waals surface area contributed by atoms with Crippen LogP contribution in [0.25, 0.3) is 6.08 Å². The number of carbonyl (C=O) groups is 1. The fourth-order valence-corrected chi connectivity index (χ4v) is 2.58. The molecule has 0 atom stereocenters. The Balaban J connectivity index is 2.19. The van der Waals surface area contributed by atoms with Gasteiger partial charge >= 0.3 is 0 Å². The molecule has 2 rings (SSSR count). The maximum absolute atomic E-state index is 12.1. The maximum atomic E-state index is 12.1. The third-order valence-corrected chi connectivity index (χ3v) is 4.27. The fourth-order valence-electron chi connectivity index (χ4n) is 1.51. The van der Waals surface area contributed by atoms with Crippen LogP contribution >= 0.6 is 27.3 Å². The van der Waals surface area contributed by atoms with Crippen LogP contribution in [0.4, 0.5) is 5.13 Å². The smallest absolute Gasteiger partial charge is 0.268 e. The van der Waals surface area contributed by atoms with Gasteiger partial charge in [-0.1, -0.05) is 52.4 Å². The van der Waals surface area contributed by atoms with Crippen LogP contribution < -0.4 is 5.32 Å². The van der Waals surface area contributed by atoms with E-state index in [9.17, 15) is 4.79 Å². The van der Waals surface area contributed by atoms with Gasteiger partial charge in [-0.3, -0.25) is 10.1 Å². The molecule has 0 spiro atoms. The Labute approximate surface area is 134 Å². The molecule has 0 aliphatic heterocycles. The van der Waals surface area contributed by atoms with Crippen molar-refractivity contribution in [1.29, 1.82) is 5.26 Å². The summed E-state index contributed by atoms with van der Waals surface area (Å²) in [6, 6.07) is 9.26. The van der Waals surface area contributed by atoms with Gasteiger partial charge in [0.1, 0.15) is 16.6 Å². The van der Waals surface area contributed by atoms with Crippen molar-refractivity contribution < 1.29 is 4.79 Å². The summed E-state index contributed by atoms with van der Waals surface area (Å²) < 4.78 is 0.815. The molecule has 5 nitrogen and oxygen atoms in total. The van der Waals surface area contributed by atoms with Gasteiger partial charge in [0.25, 0.3) is 5.91 Å². The van der Waals surface area contributed by atoms with Crippen molar-refractivity contribution in [2.24, 2.45) is 0 Å². The summed E-state index contributed by atoms with van der Waals surface area (Å²) in [6.07, 6.45) is 2.28. The van der Waals surface area contributed by atoms with Crippen LogP contribution in [0.2, 0.25) is 0 Å². The molecule has 7 heteroatoms. The van der Waals surface area contributed by atoms with E-state index in [1.807, 2.05) is 37.3 Å². The van der Waals surface area contributed by atoms with E-state index >= 15 is 0 Å². The molecular weight excluding hydrogens is 352 g/mol. The number of nitrogens with zero attached hydrogens (tertiary/aromatic N) is 3. The number of benzene rings is 1. The summed E-state index contributed by atoms with van der Waals surface area (Å²) in [4.78, 5) is 12.1. The number of hydrogen-bond acceptors (Lipinski definition) is 5. The minimum Gasteiger partial charge on any atom is -0.296 e. The van der Waals surface area contributed by atoms with Crippen molar-refractivity contribution in [3.8, 4) is 6.07 Å². The highest BCUT2D eigenvalue weighted by Crippen LogP contribution is 2.20. The van der Waals surface area contributed by atoms with Crippen molar-refractivity contribution in [1.82, 2.24) is 10.2 Å². The third kappa shape index (κ3) is 3.97. The van der Waals surface area contributed by atoms with Crippen molar-refractivity contribution in [3.63, 3.8) is 0 Å². The van der Waals surface area contributed by atoms with E-state index in [-0.39, 0.29) is 5.57 Å². The molecule has 0 bridgehead atoms. The molecule has 1 N–H and O–H groups in total. The summed E-state index contributed by atoms with van der Waals surface area (Å²) in [5.74, 6) is -0.493. The van der Waals surface area contributed by atoms with Crippen molar-refractivity contribution in [2.45, 2.75) is 13.3 Å². The van der Waals surface area contributed by atoms with Crippen LogP contribution in [0.3, 0.4) is 0 Å². The first kappa shape index (κ1) is 15.4. The number of amides is 1. The number of halogens is 1. The van der Waals surface area contributed by atoms with E-state index < -0.39 is 5.91 Å². The number of rotatable bonds is 4. The van der Waals surface area contributed by atoms with E-state index in [1.165, 1.54) is 17.4 Å². The molecule has 0 radical (unpaired) electrons. The van der Waals surface area contributed by atoms with Crippen LogP contribution in [-0.4, -0.2) is 16.1 Å². The molecule has 0 aliphatic rings. The Morgan fingerprint density at radius 3 is 2.86 bits per heavy atom. The lowest BCUT2D eigenvalue weighted by Crippen LogP contribution is -2.13. The second-order valence-corrected chi connectivity index (χ2v) is 5.92. The Kier molecular flexibility index (Phi) is 5.20. The molecular formula is C14H11BrN4OS. The summed E-state index contributed by atoms with van der Waals surface area (Å²) >= 11 is 4.68. The zero-order valence-corrected chi connectivity index (χ0v) is 13.5. The SMILES string of the molecule is CCc1nnc(NC(=O)C(C#N)=Cc2ccccc2Br)s1. The van der Waals surface area contributed by atoms with Gasteiger partial charge in [0, 0.05) is 4.47 Å². The van der Waals surface area contributed by atoms with Crippen molar-refractivity contribution in [3.05, 3.63) is 44.9 Å². The number of carbonyl (C=O) groups excluding carboxylic acids is 1. The lowest BCUT2D eigenvalue weighted by Gasteiger charge is -2.01. The van der Waals surface area contributed by atoms with Gasteiger partial charge in [0.15, 0.2) is 0 Å². The monoisotopic (exact) mass is 362 g/mol. The van der Waals surface area contributed by atoms with Crippen LogP contribution in [0.5, 0.6) is 0 Å². The normalized spacial score (nSPS) is 11.0. The topological polar surface area (TPSA) is 78.7 Å². The minimum atomic E-state index is -0.493. The highest BCUT2D eigenvalue weighted by molar-refractivity contribution is 9.10. The Morgan fingerprint density at radius 2 is 2.24 bits per heavy atom. The van der Waals surface area contributed by atoms with E-state index in [0.29, 0.717) is 5.13 Å². The van der Waals surface area contributed by atoms with E-state index in [2.05, 4.69) is 31.4 Å². The highest BCUT2D eigenvalue weighted by Gasteiger charge is 2.12. The summed E-state index contributed by atoms with van der Waals surface area (Å²) in [5, 5.41) is 20.7. The van der Waals surface area contributed by atoms with E-state index in [4.69, 9.17) is 5.26 Å². The van der Waals surface area contributed by atoms with Crippen molar-refractivity contribution in [2.75, 3.05) is 5.32 Å². The second-order valence-electron chi connectivity index (χ2n) is 4.00. The molecule has 1 heterocycles. The van der Waals surface area contributed by atoms with Gasteiger partial charge in [-0.2, -0.15) is 5.26 Å². The van der Waals surface area contributed by atoms with Gasteiger partial charge < -0.3 is 0 Å². The number of aryl methyl sites for hydroxylation is 1. The standard InChI is InChI=1S/C14H11BrN4OS/c1-2-12-18-19-14(21-12)17-13(20)10(8-16)7-9-5-3-4-6-11(9)15/h3-7H,2H2,1H3,(H,17,19,20). The van der Waals surface area contributed by atoms with Gasteiger partial charge in [-0.25, -0.2) is 0 Å². The first-order chi connectivity index (χ1) is 10.1. The van der Waals surface area contributed by atoms with Gasteiger partial charge in [-0.15, -0.1) is 10.2 Å². The minimum absolute atomic E-state index is 0.00940. The Bertz CT molecular complexity index is 733. The molecule has 106 valence electrons. The molecule has 0 unspecified atom stereocenters. The van der Waals surface area contributed by atoms with Gasteiger partial charge in [0.05, 0.1) is 0 Å². The lowest BCUT2D eigenvalue weighted by atomic mass is 10.1. The molecule has 1 amide bonds.